The van der Waals surface area contributed by atoms with Gasteiger partial charge < -0.3 is 30.3 Å². The van der Waals surface area contributed by atoms with Crippen LogP contribution in [0.25, 0.3) is 22.2 Å². The van der Waals surface area contributed by atoms with E-state index >= 15 is 0 Å². The Morgan fingerprint density at radius 3 is 2.46 bits per heavy atom. The van der Waals surface area contributed by atoms with Crippen LogP contribution in [0, 0.1) is 0 Å². The summed E-state index contributed by atoms with van der Waals surface area (Å²) in [5.41, 5.74) is 10.6. The van der Waals surface area contributed by atoms with Crippen molar-refractivity contribution >= 4 is 22.7 Å². The second-order valence-electron chi connectivity index (χ2n) is 11.7. The van der Waals surface area contributed by atoms with E-state index in [9.17, 15) is 0 Å². The van der Waals surface area contributed by atoms with Gasteiger partial charge in [-0.2, -0.15) is 5.10 Å². The molecule has 222 valence electrons. The molecule has 11 heteroatoms. The summed E-state index contributed by atoms with van der Waals surface area (Å²) in [6, 6.07) is 1.43. The van der Waals surface area contributed by atoms with E-state index in [2.05, 4.69) is 37.9 Å². The molecule has 3 fully saturated rings. The van der Waals surface area contributed by atoms with Crippen LogP contribution in [0.4, 0.5) is 11.6 Å². The number of anilines is 2. The van der Waals surface area contributed by atoms with Crippen molar-refractivity contribution in [1.82, 2.24) is 34.5 Å². The number of aromatic nitrogens is 5. The fourth-order valence-electron chi connectivity index (χ4n) is 6.62. The number of aryl methyl sites for hydroxylation is 1. The number of nitrogens with two attached hydrogens (primary N) is 1. The van der Waals surface area contributed by atoms with Gasteiger partial charge in [-0.1, -0.05) is 6.92 Å². The fraction of sp³-hybridized carbons (Fsp3) is 0.667. The van der Waals surface area contributed by atoms with Crippen LogP contribution in [0.3, 0.4) is 0 Å². The number of ether oxygens (including phenoxy) is 2. The lowest BCUT2D eigenvalue weighted by molar-refractivity contribution is 0.0658. The largest absolute Gasteiger partial charge is 0.383 e. The first kappa shape index (κ1) is 28.3. The van der Waals surface area contributed by atoms with Gasteiger partial charge in [0.2, 0.25) is 0 Å². The van der Waals surface area contributed by atoms with Gasteiger partial charge in [0.25, 0.3) is 0 Å². The van der Waals surface area contributed by atoms with Crippen molar-refractivity contribution < 1.29 is 9.47 Å². The van der Waals surface area contributed by atoms with E-state index in [1.165, 1.54) is 25.9 Å². The fourth-order valence-corrected chi connectivity index (χ4v) is 6.62. The van der Waals surface area contributed by atoms with Crippen LogP contribution in [0.2, 0.25) is 0 Å². The van der Waals surface area contributed by atoms with Gasteiger partial charge in [-0.05, 0) is 58.0 Å². The Labute approximate surface area is 242 Å². The molecule has 41 heavy (non-hydrogen) atoms. The first-order valence-electron chi connectivity index (χ1n) is 15.4. The van der Waals surface area contributed by atoms with Crippen LogP contribution in [0.1, 0.15) is 57.2 Å². The minimum Gasteiger partial charge on any atom is -0.383 e. The third kappa shape index (κ3) is 6.33. The maximum atomic E-state index is 6.30. The van der Waals surface area contributed by atoms with Gasteiger partial charge in [-0.25, -0.2) is 15.0 Å². The third-order valence-electron chi connectivity index (χ3n) is 9.17. The Morgan fingerprint density at radius 2 is 1.73 bits per heavy atom. The number of pyridine rings is 1. The molecule has 0 unspecified atom stereocenters. The molecule has 3 aromatic rings. The van der Waals surface area contributed by atoms with Gasteiger partial charge in [0.05, 0.1) is 24.5 Å². The average Bonchev–Trinajstić information content (AvgIpc) is 3.51. The van der Waals surface area contributed by atoms with Gasteiger partial charge in [-0.3, -0.25) is 4.68 Å². The van der Waals surface area contributed by atoms with Crippen LogP contribution in [0.5, 0.6) is 0 Å². The molecule has 0 bridgehead atoms. The molecule has 3 saturated heterocycles. The van der Waals surface area contributed by atoms with E-state index in [0.29, 0.717) is 29.5 Å². The molecule has 6 rings (SSSR count). The van der Waals surface area contributed by atoms with E-state index in [-0.39, 0.29) is 0 Å². The second-order valence-corrected chi connectivity index (χ2v) is 11.7. The molecule has 0 radical (unpaired) electrons. The lowest BCUT2D eigenvalue weighted by Gasteiger charge is -2.41. The summed E-state index contributed by atoms with van der Waals surface area (Å²) in [6.45, 7) is 10.1. The second kappa shape index (κ2) is 13.0. The predicted molar refractivity (Wildman–Crippen MR) is 161 cm³/mol. The SMILES string of the molecule is CCc1nc2c(N)ncc(-c3cnn(C4CCN(C5CCN(CCOC)CC5)CC4)c3)c2nc1NC1CCOCC1. The van der Waals surface area contributed by atoms with E-state index in [1.807, 2.05) is 12.4 Å². The molecular formula is C30H45N9O2. The number of fused-ring (bicyclic) bond motifs is 1. The molecule has 0 aliphatic carbocycles. The number of nitrogens with one attached hydrogen (secondary N) is 1. The molecule has 3 N–H and O–H groups in total. The molecule has 3 aliphatic rings. The van der Waals surface area contributed by atoms with Crippen LogP contribution < -0.4 is 11.1 Å². The molecule has 3 aliphatic heterocycles. The Kier molecular flexibility index (Phi) is 8.95. The van der Waals surface area contributed by atoms with E-state index in [0.717, 1.165) is 99.7 Å². The highest BCUT2D eigenvalue weighted by Crippen LogP contribution is 2.33. The Bertz CT molecular complexity index is 1290. The zero-order valence-electron chi connectivity index (χ0n) is 24.6. The topological polar surface area (TPSA) is 119 Å². The van der Waals surface area contributed by atoms with Crippen molar-refractivity contribution in [1.29, 1.82) is 0 Å². The zero-order chi connectivity index (χ0) is 28.2. The zero-order valence-corrected chi connectivity index (χ0v) is 24.6. The molecule has 11 nitrogen and oxygen atoms in total. The summed E-state index contributed by atoms with van der Waals surface area (Å²) in [4.78, 5) is 19.8. The van der Waals surface area contributed by atoms with E-state index in [1.54, 1.807) is 7.11 Å². The highest BCUT2D eigenvalue weighted by molar-refractivity contribution is 5.96. The smallest absolute Gasteiger partial charge is 0.151 e. The van der Waals surface area contributed by atoms with Gasteiger partial charge in [-0.15, -0.1) is 0 Å². The number of methoxy groups -OCH3 is 1. The van der Waals surface area contributed by atoms with Crippen molar-refractivity contribution in [2.24, 2.45) is 0 Å². The summed E-state index contributed by atoms with van der Waals surface area (Å²) in [6.07, 6.45) is 13.3. The maximum Gasteiger partial charge on any atom is 0.151 e. The molecule has 0 amide bonds. The molecule has 0 spiro atoms. The van der Waals surface area contributed by atoms with Gasteiger partial charge in [0.15, 0.2) is 5.82 Å². The van der Waals surface area contributed by atoms with Crippen molar-refractivity contribution in [2.75, 3.05) is 70.7 Å². The van der Waals surface area contributed by atoms with Crippen LogP contribution in [-0.2, 0) is 15.9 Å². The number of hydrogen-bond donors (Lipinski definition) is 2. The van der Waals surface area contributed by atoms with Crippen molar-refractivity contribution in [3.8, 4) is 11.1 Å². The minimum atomic E-state index is 0.334. The summed E-state index contributed by atoms with van der Waals surface area (Å²) in [5.74, 6) is 1.25. The number of hydrogen-bond acceptors (Lipinski definition) is 10. The monoisotopic (exact) mass is 563 g/mol. The minimum absolute atomic E-state index is 0.334. The number of likely N-dealkylation sites (tertiary alicyclic amines) is 2. The quantitative estimate of drug-likeness (QED) is 0.401. The molecule has 3 aromatic heterocycles. The average molecular weight is 564 g/mol. The highest BCUT2D eigenvalue weighted by atomic mass is 16.5. The molecule has 0 saturated carbocycles. The standard InChI is InChI=1S/C30H45N9O2/c1-3-26-30(34-22-8-15-41-16-9-22)36-27-25(19-32-29(31)28(27)35-26)21-18-33-39(20-21)24-6-12-38(13-7-24)23-4-10-37(11-5-23)14-17-40-2/h18-20,22-24H,3-17H2,1-2H3,(H2,31,32)(H,34,36). The van der Waals surface area contributed by atoms with E-state index < -0.39 is 0 Å². The number of piperidine rings is 2. The number of nitrogens with zero attached hydrogens (tertiary/aromatic N) is 7. The summed E-state index contributed by atoms with van der Waals surface area (Å²) in [7, 11) is 1.78. The highest BCUT2D eigenvalue weighted by Gasteiger charge is 2.29. The third-order valence-corrected chi connectivity index (χ3v) is 9.17. The molecule has 6 heterocycles. The van der Waals surface area contributed by atoms with Crippen LogP contribution in [-0.4, -0.2) is 106 Å². The Balaban J connectivity index is 1.15. The summed E-state index contributed by atoms with van der Waals surface area (Å²) >= 11 is 0. The summed E-state index contributed by atoms with van der Waals surface area (Å²) < 4.78 is 13.0. The first-order valence-corrected chi connectivity index (χ1v) is 15.4. The first-order chi connectivity index (χ1) is 20.1. The molecular weight excluding hydrogens is 518 g/mol. The number of nitrogen functional groups attached to an aromatic ring is 1. The van der Waals surface area contributed by atoms with Crippen molar-refractivity contribution in [3.05, 3.63) is 24.3 Å². The van der Waals surface area contributed by atoms with Gasteiger partial charge in [0, 0.05) is 75.6 Å². The Hall–Kier alpha value is -2.86. The maximum absolute atomic E-state index is 6.30. The Morgan fingerprint density at radius 1 is 0.976 bits per heavy atom. The molecule has 0 atom stereocenters. The van der Waals surface area contributed by atoms with Crippen molar-refractivity contribution in [2.45, 2.75) is 70.0 Å². The molecule has 0 aromatic carbocycles. The summed E-state index contributed by atoms with van der Waals surface area (Å²) in [5, 5.41) is 8.46. The van der Waals surface area contributed by atoms with Gasteiger partial charge in [0.1, 0.15) is 16.9 Å². The lowest BCUT2D eigenvalue weighted by atomic mass is 9.98. The lowest BCUT2D eigenvalue weighted by Crippen LogP contribution is -2.48. The van der Waals surface area contributed by atoms with Crippen LogP contribution in [0.15, 0.2) is 18.6 Å². The van der Waals surface area contributed by atoms with E-state index in [4.69, 9.17) is 30.3 Å². The number of rotatable bonds is 9. The normalized spacial score (nSPS) is 20.6. The van der Waals surface area contributed by atoms with Crippen LogP contribution >= 0.6 is 0 Å². The predicted octanol–water partition coefficient (Wildman–Crippen LogP) is 3.37. The van der Waals surface area contributed by atoms with Gasteiger partial charge >= 0.3 is 0 Å². The van der Waals surface area contributed by atoms with Crippen molar-refractivity contribution in [3.63, 3.8) is 0 Å².